The molecule has 0 radical (unpaired) electrons. The number of ether oxygens (including phenoxy) is 1. The highest BCUT2D eigenvalue weighted by Crippen LogP contribution is 2.25. The van der Waals surface area contributed by atoms with Crippen LogP contribution in [-0.4, -0.2) is 38.1 Å². The average Bonchev–Trinajstić information content (AvgIpc) is 2.63. The summed E-state index contributed by atoms with van der Waals surface area (Å²) in [7, 11) is -4.13. The monoisotopic (exact) mass is 434 g/mol. The maximum Gasteiger partial charge on any atom is 0.573 e. The maximum atomic E-state index is 14.1. The first kappa shape index (κ1) is 22.6. The molecule has 29 heavy (non-hydrogen) atoms. The Bertz CT molecular complexity index is 972. The van der Waals surface area contributed by atoms with E-state index in [1.807, 2.05) is 0 Å². The summed E-state index contributed by atoms with van der Waals surface area (Å²) in [6.45, 7) is 3.45. The fourth-order valence-electron chi connectivity index (χ4n) is 2.49. The van der Waals surface area contributed by atoms with Crippen LogP contribution in [0, 0.1) is 5.82 Å². The second-order valence-electron chi connectivity index (χ2n) is 5.76. The summed E-state index contributed by atoms with van der Waals surface area (Å²) in [4.78, 5) is 11.7. The molecule has 0 aromatic heterocycles. The van der Waals surface area contributed by atoms with Gasteiger partial charge in [-0.1, -0.05) is 13.8 Å². The molecular formula is C18H18F4N2O4S. The van der Waals surface area contributed by atoms with Crippen LogP contribution in [0.1, 0.15) is 24.2 Å². The number of sulfonamides is 1. The highest BCUT2D eigenvalue weighted by molar-refractivity contribution is 7.89. The molecule has 158 valence electrons. The summed E-state index contributed by atoms with van der Waals surface area (Å²) in [5.74, 6) is -2.22. The number of alkyl halides is 3. The molecule has 0 heterocycles. The quantitative estimate of drug-likeness (QED) is 0.669. The van der Waals surface area contributed by atoms with E-state index in [-0.39, 0.29) is 24.3 Å². The SMILES string of the molecule is CCN(CC)S(=O)(=O)c1cc(C(=O)Nc2ccc(OC(F)(F)F)cc2)ccc1F. The molecule has 0 spiro atoms. The molecule has 0 bridgehead atoms. The Kier molecular flexibility index (Phi) is 6.85. The zero-order chi connectivity index (χ0) is 21.8. The van der Waals surface area contributed by atoms with E-state index in [4.69, 9.17) is 0 Å². The molecule has 0 aliphatic heterocycles. The first-order valence-electron chi connectivity index (χ1n) is 8.44. The van der Waals surface area contributed by atoms with E-state index in [0.29, 0.717) is 0 Å². The summed E-state index contributed by atoms with van der Waals surface area (Å²) in [5.41, 5.74) is 0.00903. The van der Waals surface area contributed by atoms with Crippen molar-refractivity contribution in [3.05, 3.63) is 53.8 Å². The second-order valence-corrected chi connectivity index (χ2v) is 7.67. The average molecular weight is 434 g/mol. The van der Waals surface area contributed by atoms with Gasteiger partial charge in [-0.05, 0) is 42.5 Å². The van der Waals surface area contributed by atoms with Gasteiger partial charge in [-0.2, -0.15) is 4.31 Å². The van der Waals surface area contributed by atoms with E-state index >= 15 is 0 Å². The lowest BCUT2D eigenvalue weighted by molar-refractivity contribution is -0.274. The van der Waals surface area contributed by atoms with Crippen LogP contribution in [0.5, 0.6) is 5.75 Å². The summed E-state index contributed by atoms with van der Waals surface area (Å²) in [5, 5.41) is 2.40. The third-order valence-corrected chi connectivity index (χ3v) is 5.93. The Balaban J connectivity index is 2.24. The lowest BCUT2D eigenvalue weighted by atomic mass is 10.2. The van der Waals surface area contributed by atoms with Gasteiger partial charge in [-0.25, -0.2) is 12.8 Å². The van der Waals surface area contributed by atoms with Gasteiger partial charge >= 0.3 is 6.36 Å². The Morgan fingerprint density at radius 3 is 2.17 bits per heavy atom. The molecule has 2 aromatic carbocycles. The van der Waals surface area contributed by atoms with Gasteiger partial charge in [0.2, 0.25) is 10.0 Å². The predicted octanol–water partition coefficient (Wildman–Crippen LogP) is 4.01. The Labute approximate surface area is 165 Å². The largest absolute Gasteiger partial charge is 0.573 e. The van der Waals surface area contributed by atoms with E-state index in [0.717, 1.165) is 34.6 Å². The zero-order valence-corrected chi connectivity index (χ0v) is 16.3. The number of benzene rings is 2. The lowest BCUT2D eigenvalue weighted by Gasteiger charge is -2.19. The Hall–Kier alpha value is -2.66. The molecule has 0 aliphatic carbocycles. The van der Waals surface area contributed by atoms with E-state index in [9.17, 15) is 30.8 Å². The summed E-state index contributed by atoms with van der Waals surface area (Å²) in [6, 6.07) is 7.25. The molecule has 0 saturated heterocycles. The molecule has 1 N–H and O–H groups in total. The minimum atomic E-state index is -4.84. The molecule has 0 unspecified atom stereocenters. The molecule has 1 amide bonds. The van der Waals surface area contributed by atoms with Gasteiger partial charge in [0, 0.05) is 24.3 Å². The number of hydrogen-bond acceptors (Lipinski definition) is 4. The van der Waals surface area contributed by atoms with Crippen molar-refractivity contribution < 1.29 is 35.5 Å². The molecule has 2 rings (SSSR count). The standard InChI is InChI=1S/C18H18F4N2O4S/c1-3-24(4-2)29(26,27)16-11-12(5-10-15(16)19)17(25)23-13-6-8-14(9-7-13)28-18(20,21)22/h5-11H,3-4H2,1-2H3,(H,23,25). The van der Waals surface area contributed by atoms with E-state index in [2.05, 4.69) is 10.1 Å². The van der Waals surface area contributed by atoms with Crippen LogP contribution in [0.25, 0.3) is 0 Å². The minimum Gasteiger partial charge on any atom is -0.406 e. The van der Waals surface area contributed by atoms with Crippen molar-refractivity contribution in [2.24, 2.45) is 0 Å². The number of carbonyl (C=O) groups is 1. The molecule has 0 fully saturated rings. The van der Waals surface area contributed by atoms with Crippen molar-refractivity contribution in [2.45, 2.75) is 25.1 Å². The molecule has 0 atom stereocenters. The highest BCUT2D eigenvalue weighted by Gasteiger charge is 2.31. The van der Waals surface area contributed by atoms with Gasteiger partial charge in [0.15, 0.2) is 0 Å². The first-order valence-corrected chi connectivity index (χ1v) is 9.88. The van der Waals surface area contributed by atoms with Crippen LogP contribution < -0.4 is 10.1 Å². The molecule has 6 nitrogen and oxygen atoms in total. The number of nitrogens with one attached hydrogen (secondary N) is 1. The maximum absolute atomic E-state index is 14.1. The van der Waals surface area contributed by atoms with Crippen molar-refractivity contribution >= 4 is 21.6 Å². The van der Waals surface area contributed by atoms with Crippen molar-refractivity contribution in [3.63, 3.8) is 0 Å². The van der Waals surface area contributed by atoms with Crippen LogP contribution in [0.2, 0.25) is 0 Å². The van der Waals surface area contributed by atoms with Gasteiger partial charge in [-0.3, -0.25) is 4.79 Å². The zero-order valence-electron chi connectivity index (χ0n) is 15.5. The number of hydrogen-bond donors (Lipinski definition) is 1. The molecule has 0 aliphatic rings. The minimum absolute atomic E-state index is 0.126. The lowest BCUT2D eigenvalue weighted by Crippen LogP contribution is -2.31. The number of halogens is 4. The summed E-state index contributed by atoms with van der Waals surface area (Å²) in [6.07, 6.45) is -4.84. The Morgan fingerprint density at radius 1 is 1.07 bits per heavy atom. The normalized spacial score (nSPS) is 12.1. The van der Waals surface area contributed by atoms with Crippen LogP contribution >= 0.6 is 0 Å². The second kappa shape index (κ2) is 8.78. The predicted molar refractivity (Wildman–Crippen MR) is 97.6 cm³/mol. The van der Waals surface area contributed by atoms with Crippen molar-refractivity contribution in [2.75, 3.05) is 18.4 Å². The number of nitrogens with zero attached hydrogens (tertiary/aromatic N) is 1. The van der Waals surface area contributed by atoms with E-state index in [1.54, 1.807) is 13.8 Å². The van der Waals surface area contributed by atoms with Gasteiger partial charge in [0.05, 0.1) is 0 Å². The third-order valence-electron chi connectivity index (χ3n) is 3.86. The molecule has 0 saturated carbocycles. The number of anilines is 1. The van der Waals surface area contributed by atoms with Gasteiger partial charge < -0.3 is 10.1 Å². The smallest absolute Gasteiger partial charge is 0.406 e. The molecular weight excluding hydrogens is 416 g/mol. The van der Waals surface area contributed by atoms with Crippen LogP contribution in [0.15, 0.2) is 47.4 Å². The van der Waals surface area contributed by atoms with Crippen LogP contribution in [0.4, 0.5) is 23.2 Å². The first-order chi connectivity index (χ1) is 13.5. The fourth-order valence-corrected chi connectivity index (χ4v) is 4.04. The Morgan fingerprint density at radius 2 is 1.66 bits per heavy atom. The van der Waals surface area contributed by atoms with Crippen LogP contribution in [0.3, 0.4) is 0 Å². The summed E-state index contributed by atoms with van der Waals surface area (Å²) >= 11 is 0. The molecule has 11 heteroatoms. The van der Waals surface area contributed by atoms with Crippen molar-refractivity contribution in [3.8, 4) is 5.75 Å². The topological polar surface area (TPSA) is 75.7 Å². The number of rotatable bonds is 7. The van der Waals surface area contributed by atoms with Gasteiger partial charge in [0.1, 0.15) is 16.5 Å². The van der Waals surface area contributed by atoms with Gasteiger partial charge in [-0.15, -0.1) is 13.2 Å². The van der Waals surface area contributed by atoms with Crippen LogP contribution in [-0.2, 0) is 10.0 Å². The van der Waals surface area contributed by atoms with E-state index < -0.39 is 38.8 Å². The van der Waals surface area contributed by atoms with Crippen molar-refractivity contribution in [1.29, 1.82) is 0 Å². The number of amides is 1. The highest BCUT2D eigenvalue weighted by atomic mass is 32.2. The van der Waals surface area contributed by atoms with E-state index in [1.165, 1.54) is 12.1 Å². The number of carbonyl (C=O) groups excluding carboxylic acids is 1. The van der Waals surface area contributed by atoms with Crippen molar-refractivity contribution in [1.82, 2.24) is 4.31 Å². The fraction of sp³-hybridized carbons (Fsp3) is 0.278. The summed E-state index contributed by atoms with van der Waals surface area (Å²) < 4.78 is 80.5. The van der Waals surface area contributed by atoms with Gasteiger partial charge in [0.25, 0.3) is 5.91 Å². The third kappa shape index (κ3) is 5.67. The molecule has 2 aromatic rings.